The zero-order chi connectivity index (χ0) is 22.7. The van der Waals surface area contributed by atoms with Gasteiger partial charge in [0.25, 0.3) is 11.8 Å². The van der Waals surface area contributed by atoms with Crippen molar-refractivity contribution < 1.29 is 14.0 Å². The molecule has 4 rings (SSSR count). The minimum Gasteiger partial charge on any atom is -0.349 e. The average Bonchev–Trinajstić information content (AvgIpc) is 3.10. The summed E-state index contributed by atoms with van der Waals surface area (Å²) in [6, 6.07) is 15.6. The van der Waals surface area contributed by atoms with Gasteiger partial charge in [-0.15, -0.1) is 0 Å². The molecule has 3 aromatic rings. The first-order chi connectivity index (χ1) is 15.4. The fraction of sp³-hybridized carbons (Fsp3) is 0.320. The largest absolute Gasteiger partial charge is 0.349 e. The summed E-state index contributed by atoms with van der Waals surface area (Å²) in [6.07, 6.45) is 1.27. The van der Waals surface area contributed by atoms with Crippen molar-refractivity contribution in [1.82, 2.24) is 20.0 Å². The molecule has 0 bridgehead atoms. The van der Waals surface area contributed by atoms with Crippen LogP contribution < -0.4 is 5.32 Å². The van der Waals surface area contributed by atoms with Gasteiger partial charge in [0, 0.05) is 30.4 Å². The molecule has 1 fully saturated rings. The number of amides is 2. The summed E-state index contributed by atoms with van der Waals surface area (Å²) < 4.78 is 15.8. The number of aryl methyl sites for hydroxylation is 2. The Morgan fingerprint density at radius 2 is 1.81 bits per heavy atom. The van der Waals surface area contributed by atoms with Gasteiger partial charge < -0.3 is 10.2 Å². The van der Waals surface area contributed by atoms with E-state index in [1.165, 1.54) is 12.1 Å². The smallest absolute Gasteiger partial charge is 0.254 e. The van der Waals surface area contributed by atoms with E-state index in [0.717, 1.165) is 17.0 Å². The second-order valence-electron chi connectivity index (χ2n) is 8.30. The van der Waals surface area contributed by atoms with Crippen LogP contribution in [0, 0.1) is 19.7 Å². The van der Waals surface area contributed by atoms with Crippen LogP contribution in [0.15, 0.2) is 54.6 Å². The van der Waals surface area contributed by atoms with Crippen LogP contribution in [0.4, 0.5) is 4.39 Å². The topological polar surface area (TPSA) is 67.2 Å². The normalized spacial score (nSPS) is 14.4. The molecule has 2 aromatic carbocycles. The lowest BCUT2D eigenvalue weighted by Gasteiger charge is -2.32. The first kappa shape index (κ1) is 21.7. The molecule has 1 aromatic heterocycles. The average molecular weight is 435 g/mol. The van der Waals surface area contributed by atoms with E-state index < -0.39 is 11.7 Å². The highest BCUT2D eigenvalue weighted by Crippen LogP contribution is 2.17. The van der Waals surface area contributed by atoms with Crippen LogP contribution in [-0.4, -0.2) is 45.6 Å². The van der Waals surface area contributed by atoms with Gasteiger partial charge in [0.2, 0.25) is 0 Å². The number of piperidine rings is 1. The van der Waals surface area contributed by atoms with Gasteiger partial charge in [0.05, 0.1) is 17.8 Å². The lowest BCUT2D eigenvalue weighted by Crippen LogP contribution is -2.46. The van der Waals surface area contributed by atoms with Gasteiger partial charge in [0.1, 0.15) is 5.82 Å². The maximum Gasteiger partial charge on any atom is 0.254 e. The molecular formula is C25H27FN4O2. The molecule has 1 aliphatic rings. The lowest BCUT2D eigenvalue weighted by atomic mass is 10.0. The third kappa shape index (κ3) is 4.88. The van der Waals surface area contributed by atoms with Crippen molar-refractivity contribution >= 4 is 11.8 Å². The first-order valence-corrected chi connectivity index (χ1v) is 10.9. The summed E-state index contributed by atoms with van der Waals surface area (Å²) in [5, 5.41) is 7.38. The van der Waals surface area contributed by atoms with Gasteiger partial charge in [-0.25, -0.2) is 4.39 Å². The van der Waals surface area contributed by atoms with Crippen LogP contribution in [0.25, 0.3) is 0 Å². The van der Waals surface area contributed by atoms with Crippen LogP contribution in [-0.2, 0) is 6.54 Å². The van der Waals surface area contributed by atoms with E-state index in [0.29, 0.717) is 38.0 Å². The Morgan fingerprint density at radius 1 is 1.06 bits per heavy atom. The number of halogens is 1. The van der Waals surface area contributed by atoms with E-state index in [1.807, 2.05) is 53.8 Å². The van der Waals surface area contributed by atoms with Crippen LogP contribution in [0.1, 0.15) is 50.5 Å². The second kappa shape index (κ2) is 9.34. The van der Waals surface area contributed by atoms with E-state index in [4.69, 9.17) is 0 Å². The molecule has 0 atom stereocenters. The summed E-state index contributed by atoms with van der Waals surface area (Å²) in [4.78, 5) is 27.2. The van der Waals surface area contributed by atoms with Crippen molar-refractivity contribution in [2.75, 3.05) is 13.1 Å². The number of hydrogen-bond donors (Lipinski definition) is 1. The third-order valence-electron chi connectivity index (χ3n) is 5.85. The number of likely N-dealkylation sites (tertiary alicyclic amines) is 1. The van der Waals surface area contributed by atoms with E-state index in [2.05, 4.69) is 10.4 Å². The zero-order valence-corrected chi connectivity index (χ0v) is 18.3. The van der Waals surface area contributed by atoms with Crippen molar-refractivity contribution in [3.05, 3.63) is 88.5 Å². The number of benzene rings is 2. The maximum atomic E-state index is 13.8. The highest BCUT2D eigenvalue weighted by Gasteiger charge is 2.25. The summed E-state index contributed by atoms with van der Waals surface area (Å²) in [5.41, 5.74) is 3.77. The molecule has 0 spiro atoms. The molecule has 32 heavy (non-hydrogen) atoms. The number of hydrogen-bond acceptors (Lipinski definition) is 3. The number of rotatable bonds is 5. The fourth-order valence-electron chi connectivity index (χ4n) is 4.13. The minimum atomic E-state index is -0.530. The quantitative estimate of drug-likeness (QED) is 0.666. The van der Waals surface area contributed by atoms with Gasteiger partial charge in [-0.3, -0.25) is 14.3 Å². The van der Waals surface area contributed by atoms with Gasteiger partial charge >= 0.3 is 0 Å². The molecule has 2 amide bonds. The molecule has 1 N–H and O–H groups in total. The summed E-state index contributed by atoms with van der Waals surface area (Å²) in [5.74, 6) is -0.957. The first-order valence-electron chi connectivity index (χ1n) is 10.9. The Balaban J connectivity index is 1.35. The Morgan fingerprint density at radius 3 is 2.50 bits per heavy atom. The molecule has 166 valence electrons. The van der Waals surface area contributed by atoms with Crippen molar-refractivity contribution in [3.8, 4) is 0 Å². The van der Waals surface area contributed by atoms with Crippen molar-refractivity contribution in [3.63, 3.8) is 0 Å². The minimum absolute atomic E-state index is 0.0147. The number of aromatic nitrogens is 2. The zero-order valence-electron chi connectivity index (χ0n) is 18.3. The van der Waals surface area contributed by atoms with Crippen LogP contribution in [0.3, 0.4) is 0 Å². The molecule has 0 saturated carbocycles. The Bertz CT molecular complexity index is 1130. The third-order valence-corrected chi connectivity index (χ3v) is 5.85. The highest BCUT2D eigenvalue weighted by molar-refractivity contribution is 5.95. The fourth-order valence-corrected chi connectivity index (χ4v) is 4.13. The van der Waals surface area contributed by atoms with E-state index in [1.54, 1.807) is 12.1 Å². The number of carbonyl (C=O) groups excluding carboxylic acids is 2. The van der Waals surface area contributed by atoms with Gasteiger partial charge in [-0.2, -0.15) is 5.10 Å². The van der Waals surface area contributed by atoms with Crippen LogP contribution in [0.2, 0.25) is 0 Å². The molecule has 6 nitrogen and oxygen atoms in total. The van der Waals surface area contributed by atoms with Crippen molar-refractivity contribution in [2.45, 2.75) is 39.3 Å². The van der Waals surface area contributed by atoms with Crippen LogP contribution >= 0.6 is 0 Å². The molecule has 0 unspecified atom stereocenters. The van der Waals surface area contributed by atoms with Gasteiger partial charge in [-0.1, -0.05) is 24.3 Å². The Hall–Kier alpha value is -3.48. The number of nitrogens with zero attached hydrogens (tertiary/aromatic N) is 3. The predicted molar refractivity (Wildman–Crippen MR) is 120 cm³/mol. The number of carbonyl (C=O) groups is 2. The van der Waals surface area contributed by atoms with E-state index in [-0.39, 0.29) is 17.5 Å². The molecule has 1 saturated heterocycles. The number of nitrogens with one attached hydrogen (secondary N) is 1. The van der Waals surface area contributed by atoms with Crippen LogP contribution in [0.5, 0.6) is 0 Å². The standard InChI is InChI=1S/C25H27FN4O2/c1-17-14-18(2)30(28-17)16-19-6-5-7-20(15-19)25(32)29-12-10-21(11-13-29)27-24(31)22-8-3-4-9-23(22)26/h3-9,14-15,21H,10-13,16H2,1-2H3,(H,27,31). The summed E-state index contributed by atoms with van der Waals surface area (Å²) >= 11 is 0. The molecule has 1 aliphatic heterocycles. The Kier molecular flexibility index (Phi) is 6.35. The molecule has 2 heterocycles. The SMILES string of the molecule is Cc1cc(C)n(Cc2cccc(C(=O)N3CCC(NC(=O)c4ccccc4F)CC3)c2)n1. The monoisotopic (exact) mass is 434 g/mol. The van der Waals surface area contributed by atoms with Crippen molar-refractivity contribution in [1.29, 1.82) is 0 Å². The Labute approximate surface area is 187 Å². The van der Waals surface area contributed by atoms with Crippen molar-refractivity contribution in [2.24, 2.45) is 0 Å². The van der Waals surface area contributed by atoms with E-state index >= 15 is 0 Å². The maximum absolute atomic E-state index is 13.8. The summed E-state index contributed by atoms with van der Waals surface area (Å²) in [6.45, 7) is 5.69. The highest BCUT2D eigenvalue weighted by atomic mass is 19.1. The molecular weight excluding hydrogens is 407 g/mol. The van der Waals surface area contributed by atoms with E-state index in [9.17, 15) is 14.0 Å². The van der Waals surface area contributed by atoms with Gasteiger partial charge in [-0.05, 0) is 62.6 Å². The summed E-state index contributed by atoms with van der Waals surface area (Å²) in [7, 11) is 0. The molecule has 7 heteroatoms. The second-order valence-corrected chi connectivity index (χ2v) is 8.30. The molecule has 0 aliphatic carbocycles. The lowest BCUT2D eigenvalue weighted by molar-refractivity contribution is 0.0697. The van der Waals surface area contributed by atoms with Gasteiger partial charge in [0.15, 0.2) is 0 Å². The predicted octanol–water partition coefficient (Wildman–Crippen LogP) is 3.72. The molecule has 0 radical (unpaired) electrons.